The van der Waals surface area contributed by atoms with Crippen LogP contribution in [0.25, 0.3) is 0 Å². The number of anilines is 2. The molecule has 0 aliphatic carbocycles. The summed E-state index contributed by atoms with van der Waals surface area (Å²) >= 11 is 0. The molecule has 0 aromatic heterocycles. The Morgan fingerprint density at radius 3 is 3.07 bits per heavy atom. The molecule has 0 saturated carbocycles. The number of para-hydroxylation sites is 2. The van der Waals surface area contributed by atoms with Crippen molar-refractivity contribution in [3.05, 3.63) is 24.3 Å². The molecule has 1 aromatic carbocycles. The van der Waals surface area contributed by atoms with Crippen LogP contribution in [0.3, 0.4) is 0 Å². The monoisotopic (exact) mass is 206 g/mol. The van der Waals surface area contributed by atoms with Gasteiger partial charge in [0.15, 0.2) is 0 Å². The minimum absolute atomic E-state index is 0.0322. The van der Waals surface area contributed by atoms with E-state index in [2.05, 4.69) is 5.32 Å². The number of amides is 1. The number of fused-ring (bicyclic) bond motifs is 1. The fourth-order valence-corrected chi connectivity index (χ4v) is 1.70. The number of methoxy groups -OCH3 is 1. The Balaban J connectivity index is 2.22. The van der Waals surface area contributed by atoms with Crippen molar-refractivity contribution in [1.82, 2.24) is 0 Å². The number of rotatable bonds is 3. The molecule has 1 aliphatic heterocycles. The third-order valence-corrected chi connectivity index (χ3v) is 2.42. The van der Waals surface area contributed by atoms with Gasteiger partial charge in [0.2, 0.25) is 5.91 Å². The zero-order chi connectivity index (χ0) is 10.7. The van der Waals surface area contributed by atoms with Gasteiger partial charge in [0.1, 0.15) is 0 Å². The maximum absolute atomic E-state index is 11.4. The van der Waals surface area contributed by atoms with E-state index in [-0.39, 0.29) is 5.91 Å². The molecule has 80 valence electrons. The van der Waals surface area contributed by atoms with Crippen molar-refractivity contribution in [2.75, 3.05) is 37.0 Å². The van der Waals surface area contributed by atoms with Crippen LogP contribution < -0.4 is 10.2 Å². The molecule has 0 spiro atoms. The van der Waals surface area contributed by atoms with Gasteiger partial charge in [-0.15, -0.1) is 0 Å². The lowest BCUT2D eigenvalue weighted by molar-refractivity contribution is -0.115. The average molecular weight is 206 g/mol. The number of hydrogen-bond donors (Lipinski definition) is 1. The molecule has 1 N–H and O–H groups in total. The van der Waals surface area contributed by atoms with Gasteiger partial charge < -0.3 is 15.0 Å². The molecule has 4 nitrogen and oxygen atoms in total. The minimum atomic E-state index is 0.0322. The van der Waals surface area contributed by atoms with Crippen molar-refractivity contribution >= 4 is 17.3 Å². The molecule has 2 rings (SSSR count). The van der Waals surface area contributed by atoms with Crippen LogP contribution in [0.5, 0.6) is 0 Å². The van der Waals surface area contributed by atoms with Gasteiger partial charge in [0, 0.05) is 13.7 Å². The highest BCUT2D eigenvalue weighted by molar-refractivity contribution is 6.01. The Hall–Kier alpha value is -1.55. The van der Waals surface area contributed by atoms with Crippen molar-refractivity contribution in [3.63, 3.8) is 0 Å². The molecule has 0 bridgehead atoms. The number of nitrogens with one attached hydrogen (secondary N) is 1. The van der Waals surface area contributed by atoms with Gasteiger partial charge in [0.25, 0.3) is 0 Å². The SMILES string of the molecule is COCCN1CC(=O)Nc2ccccc21. The van der Waals surface area contributed by atoms with Gasteiger partial charge in [-0.3, -0.25) is 4.79 Å². The van der Waals surface area contributed by atoms with E-state index >= 15 is 0 Å². The average Bonchev–Trinajstić information content (AvgIpc) is 2.25. The van der Waals surface area contributed by atoms with Gasteiger partial charge in [-0.05, 0) is 12.1 Å². The summed E-state index contributed by atoms with van der Waals surface area (Å²) in [4.78, 5) is 13.4. The van der Waals surface area contributed by atoms with E-state index in [1.165, 1.54) is 0 Å². The van der Waals surface area contributed by atoms with Crippen LogP contribution in [0.2, 0.25) is 0 Å². The Bertz CT molecular complexity index is 365. The summed E-state index contributed by atoms with van der Waals surface area (Å²) in [6, 6.07) is 7.80. The second-order valence-corrected chi connectivity index (χ2v) is 3.48. The van der Waals surface area contributed by atoms with E-state index in [0.29, 0.717) is 13.2 Å². The smallest absolute Gasteiger partial charge is 0.243 e. The molecule has 1 aliphatic rings. The summed E-state index contributed by atoms with van der Waals surface area (Å²) in [7, 11) is 1.66. The van der Waals surface area contributed by atoms with Crippen molar-refractivity contribution < 1.29 is 9.53 Å². The van der Waals surface area contributed by atoms with Crippen LogP contribution in [-0.4, -0.2) is 32.7 Å². The number of carbonyl (C=O) groups is 1. The van der Waals surface area contributed by atoms with Crippen LogP contribution in [-0.2, 0) is 9.53 Å². The summed E-state index contributed by atoms with van der Waals surface area (Å²) in [6.07, 6.45) is 0. The van der Waals surface area contributed by atoms with Gasteiger partial charge in [0.05, 0.1) is 24.5 Å². The van der Waals surface area contributed by atoms with E-state index in [1.54, 1.807) is 7.11 Å². The number of carbonyl (C=O) groups excluding carboxylic acids is 1. The normalized spacial score (nSPS) is 14.7. The first-order chi connectivity index (χ1) is 7.31. The molecular formula is C11H14N2O2. The second kappa shape index (κ2) is 4.31. The van der Waals surface area contributed by atoms with E-state index < -0.39 is 0 Å². The maximum atomic E-state index is 11.4. The quantitative estimate of drug-likeness (QED) is 0.805. The van der Waals surface area contributed by atoms with Gasteiger partial charge in [-0.2, -0.15) is 0 Å². The predicted octanol–water partition coefficient (Wildman–Crippen LogP) is 1.09. The third kappa shape index (κ3) is 2.10. The van der Waals surface area contributed by atoms with E-state index in [9.17, 15) is 4.79 Å². The highest BCUT2D eigenvalue weighted by Crippen LogP contribution is 2.28. The third-order valence-electron chi connectivity index (χ3n) is 2.42. The number of benzene rings is 1. The molecule has 0 radical (unpaired) electrons. The van der Waals surface area contributed by atoms with Crippen molar-refractivity contribution in [3.8, 4) is 0 Å². The predicted molar refractivity (Wildman–Crippen MR) is 59.2 cm³/mol. The van der Waals surface area contributed by atoms with Gasteiger partial charge in [-0.1, -0.05) is 12.1 Å². The zero-order valence-corrected chi connectivity index (χ0v) is 8.69. The summed E-state index contributed by atoms with van der Waals surface area (Å²) < 4.78 is 5.02. The van der Waals surface area contributed by atoms with Crippen LogP contribution in [0.1, 0.15) is 0 Å². The molecule has 0 saturated heterocycles. The number of hydrogen-bond acceptors (Lipinski definition) is 3. The highest BCUT2D eigenvalue weighted by Gasteiger charge is 2.20. The minimum Gasteiger partial charge on any atom is -0.383 e. The van der Waals surface area contributed by atoms with Crippen molar-refractivity contribution in [2.45, 2.75) is 0 Å². The fraction of sp³-hybridized carbons (Fsp3) is 0.364. The standard InChI is InChI=1S/C11H14N2O2/c1-15-7-6-13-8-11(14)12-9-4-2-3-5-10(9)13/h2-5H,6-8H2,1H3,(H,12,14). The largest absolute Gasteiger partial charge is 0.383 e. The fourth-order valence-electron chi connectivity index (χ4n) is 1.70. The number of ether oxygens (including phenoxy) is 1. The molecule has 15 heavy (non-hydrogen) atoms. The lowest BCUT2D eigenvalue weighted by Crippen LogP contribution is -2.39. The molecule has 1 amide bonds. The Morgan fingerprint density at radius 2 is 2.27 bits per heavy atom. The summed E-state index contributed by atoms with van der Waals surface area (Å²) in [6.45, 7) is 1.77. The summed E-state index contributed by atoms with van der Waals surface area (Å²) in [5, 5.41) is 2.84. The van der Waals surface area contributed by atoms with Crippen molar-refractivity contribution in [1.29, 1.82) is 0 Å². The highest BCUT2D eigenvalue weighted by atomic mass is 16.5. The topological polar surface area (TPSA) is 41.6 Å². The lowest BCUT2D eigenvalue weighted by Gasteiger charge is -2.30. The van der Waals surface area contributed by atoms with Crippen LogP contribution in [0.15, 0.2) is 24.3 Å². The molecule has 0 fully saturated rings. The second-order valence-electron chi connectivity index (χ2n) is 3.48. The van der Waals surface area contributed by atoms with Crippen LogP contribution in [0.4, 0.5) is 11.4 Å². The van der Waals surface area contributed by atoms with Gasteiger partial charge in [-0.25, -0.2) is 0 Å². The zero-order valence-electron chi connectivity index (χ0n) is 8.69. The first-order valence-electron chi connectivity index (χ1n) is 4.94. The van der Waals surface area contributed by atoms with Crippen LogP contribution in [0, 0.1) is 0 Å². The van der Waals surface area contributed by atoms with E-state index in [1.807, 2.05) is 29.2 Å². The maximum Gasteiger partial charge on any atom is 0.243 e. The Morgan fingerprint density at radius 1 is 1.47 bits per heavy atom. The van der Waals surface area contributed by atoms with E-state index in [4.69, 9.17) is 4.74 Å². The Kier molecular flexibility index (Phi) is 2.87. The summed E-state index contributed by atoms with van der Waals surface area (Å²) in [5.41, 5.74) is 1.94. The van der Waals surface area contributed by atoms with E-state index in [0.717, 1.165) is 17.9 Å². The Labute approximate surface area is 88.8 Å². The summed E-state index contributed by atoms with van der Waals surface area (Å²) in [5.74, 6) is 0.0322. The van der Waals surface area contributed by atoms with Crippen LogP contribution >= 0.6 is 0 Å². The first-order valence-corrected chi connectivity index (χ1v) is 4.94. The molecule has 1 heterocycles. The molecule has 0 atom stereocenters. The molecular weight excluding hydrogens is 192 g/mol. The molecule has 1 aromatic rings. The first kappa shape index (κ1) is 9.98. The van der Waals surface area contributed by atoms with Crippen molar-refractivity contribution in [2.24, 2.45) is 0 Å². The number of nitrogens with zero attached hydrogens (tertiary/aromatic N) is 1. The van der Waals surface area contributed by atoms with Gasteiger partial charge >= 0.3 is 0 Å². The molecule has 0 unspecified atom stereocenters. The molecule has 4 heteroatoms. The lowest BCUT2D eigenvalue weighted by atomic mass is 10.2.